The molecule has 0 aromatic carbocycles. The third kappa shape index (κ3) is 21.3. The standard InChI is InChI=1S/C32H48N4O10S.C18H30N4O3/c1-5-32(3,4)26(39)17-35-22(30(33)42)8-6-7-11-34-28(41)18-45-12-13-46-36-27(40)15-20-9-10-21-24(14-20)47-25(29(21)31(43)44)16-23(38)19(2)37;1-7-14(23)17(3,4)21-10-15(24)18(5,6)22-16(25)12(2)8-13-9-19-11-20-13/h20,22,35H,5-18H2,1-4H3,(H2,33,42)(H,34,41)(H,36,40)(H,43,44);9,11-12,21H,7-8,10H2,1-6H3,(H,19,20)(H,22,25)/t20?,22-;12-/m00/s1. The zero-order valence-electron chi connectivity index (χ0n) is 43.7. The van der Waals surface area contributed by atoms with E-state index in [1.54, 1.807) is 54.1 Å². The smallest absolute Gasteiger partial charge is 0.337 e. The lowest BCUT2D eigenvalue weighted by atomic mass is 9.84. The monoisotopic (exact) mass is 1030 g/mol. The Balaban J connectivity index is 0.000000597. The Kier molecular flexibility index (Phi) is 25.9. The predicted octanol–water partition coefficient (Wildman–Crippen LogP) is 2.84. The number of aromatic carboxylic acids is 1. The number of nitrogens with two attached hydrogens (primary N) is 1. The molecule has 0 saturated heterocycles. The summed E-state index contributed by atoms with van der Waals surface area (Å²) in [5, 5.41) is 21.1. The van der Waals surface area contributed by atoms with Gasteiger partial charge in [0.05, 0.1) is 55.3 Å². The van der Waals surface area contributed by atoms with Crippen molar-refractivity contribution >= 4 is 69.9 Å². The number of aromatic nitrogens is 2. The van der Waals surface area contributed by atoms with Crippen LogP contribution < -0.4 is 32.5 Å². The van der Waals surface area contributed by atoms with Gasteiger partial charge in [0.25, 0.3) is 0 Å². The van der Waals surface area contributed by atoms with Crippen molar-refractivity contribution in [3.8, 4) is 0 Å². The second-order valence-corrected chi connectivity index (χ2v) is 21.0. The van der Waals surface area contributed by atoms with Crippen molar-refractivity contribution in [3.05, 3.63) is 39.1 Å². The molecule has 1 unspecified atom stereocenters. The van der Waals surface area contributed by atoms with E-state index >= 15 is 0 Å². The number of carbonyl (C=O) groups excluding carboxylic acids is 9. The number of ketones is 5. The molecule has 0 radical (unpaired) electrons. The van der Waals surface area contributed by atoms with E-state index in [1.165, 1.54) is 11.3 Å². The number of carboxylic acid groups (broad SMARTS) is 1. The summed E-state index contributed by atoms with van der Waals surface area (Å²) in [6.45, 7) is 17.6. The van der Waals surface area contributed by atoms with Gasteiger partial charge in [-0.25, -0.2) is 15.3 Å². The maximum Gasteiger partial charge on any atom is 0.337 e. The van der Waals surface area contributed by atoms with Gasteiger partial charge < -0.3 is 31.2 Å². The highest BCUT2D eigenvalue weighted by atomic mass is 32.1. The molecule has 3 atom stereocenters. The van der Waals surface area contributed by atoms with Gasteiger partial charge in [0.15, 0.2) is 23.1 Å². The van der Waals surface area contributed by atoms with Crippen LogP contribution >= 0.6 is 11.3 Å². The molecule has 0 fully saturated rings. The molecule has 2 aromatic rings. The van der Waals surface area contributed by atoms with Gasteiger partial charge in [-0.2, -0.15) is 0 Å². The number of rotatable bonds is 33. The Hall–Kier alpha value is -5.55. The van der Waals surface area contributed by atoms with Crippen molar-refractivity contribution in [2.24, 2.45) is 23.0 Å². The largest absolute Gasteiger partial charge is 0.478 e. The van der Waals surface area contributed by atoms with E-state index in [2.05, 4.69) is 36.7 Å². The number of hydrogen-bond acceptors (Lipinski definition) is 16. The number of unbranched alkanes of at least 4 members (excludes halogenated alkanes) is 1. The average molecular weight is 1030 g/mol. The van der Waals surface area contributed by atoms with E-state index < -0.39 is 46.0 Å². The van der Waals surface area contributed by atoms with Gasteiger partial charge in [-0.15, -0.1) is 11.3 Å². The first-order chi connectivity index (χ1) is 33.6. The third-order valence-electron chi connectivity index (χ3n) is 12.7. The minimum atomic E-state index is -1.13. The SMILES string of the molecule is CCC(=O)C(C)(C)NCC(=O)C(C)(C)NC(=O)[C@@H](C)Cc1cnc[nH]1.CCC(C)(C)C(=O)CN[C@@H](CCCCNC(=O)COCCONC(=O)CC1CCc2c(sc(CC(=O)C(C)=O)c2C(=O)O)C1)C(N)=O. The maximum absolute atomic E-state index is 12.5. The fourth-order valence-corrected chi connectivity index (χ4v) is 8.82. The van der Waals surface area contributed by atoms with Crippen LogP contribution in [0.5, 0.6) is 0 Å². The molecule has 0 bridgehead atoms. The molecule has 0 aliphatic heterocycles. The van der Waals surface area contributed by atoms with Gasteiger partial charge in [0, 0.05) is 72.1 Å². The zero-order valence-corrected chi connectivity index (χ0v) is 44.5. The number of hydrogen-bond donors (Lipinski definition) is 8. The summed E-state index contributed by atoms with van der Waals surface area (Å²) in [6.07, 6.45) is 7.99. The number of hydroxylamine groups is 1. The summed E-state index contributed by atoms with van der Waals surface area (Å²) in [4.78, 5) is 133. The lowest BCUT2D eigenvalue weighted by Crippen LogP contribution is -2.57. The number of nitrogens with one attached hydrogen (secondary N) is 6. The number of fused-ring (bicyclic) bond motifs is 1. The van der Waals surface area contributed by atoms with Crippen molar-refractivity contribution < 1.29 is 62.6 Å². The molecule has 3 rings (SSSR count). The number of imidazole rings is 1. The van der Waals surface area contributed by atoms with Gasteiger partial charge >= 0.3 is 5.97 Å². The second-order valence-electron chi connectivity index (χ2n) is 19.8. The lowest BCUT2D eigenvalue weighted by molar-refractivity contribution is -0.137. The fraction of sp³-hybridized carbons (Fsp3) is 0.660. The summed E-state index contributed by atoms with van der Waals surface area (Å²) in [5.41, 5.74) is 7.21. The molecule has 0 saturated carbocycles. The predicted molar refractivity (Wildman–Crippen MR) is 269 cm³/mol. The van der Waals surface area contributed by atoms with Crippen LogP contribution in [0.4, 0.5) is 0 Å². The lowest BCUT2D eigenvalue weighted by Gasteiger charge is -2.29. The van der Waals surface area contributed by atoms with Crippen molar-refractivity contribution in [3.63, 3.8) is 0 Å². The van der Waals surface area contributed by atoms with Crippen molar-refractivity contribution in [1.82, 2.24) is 36.7 Å². The number of aromatic amines is 1. The number of primary amides is 1. The number of Topliss-reactive ketones (excluding diaryl/α,β-unsaturated/α-hetero) is 5. The molecule has 4 amide bonds. The number of amides is 4. The molecule has 21 nitrogen and oxygen atoms in total. The topological polar surface area (TPSA) is 324 Å². The first-order valence-electron chi connectivity index (χ1n) is 24.5. The Morgan fingerprint density at radius 3 is 2.22 bits per heavy atom. The summed E-state index contributed by atoms with van der Waals surface area (Å²) in [5.74, 6) is -4.23. The van der Waals surface area contributed by atoms with E-state index in [9.17, 15) is 53.1 Å². The number of carboxylic acids is 1. The Morgan fingerprint density at radius 2 is 1.62 bits per heavy atom. The molecule has 2 heterocycles. The Morgan fingerprint density at radius 1 is 0.931 bits per heavy atom. The second kappa shape index (κ2) is 29.8. The average Bonchev–Trinajstić information content (AvgIpc) is 3.96. The van der Waals surface area contributed by atoms with Crippen molar-refractivity contribution in [2.75, 3.05) is 39.5 Å². The van der Waals surface area contributed by atoms with Gasteiger partial charge in [-0.3, -0.25) is 58.6 Å². The van der Waals surface area contributed by atoms with Crippen molar-refractivity contribution in [1.29, 1.82) is 0 Å². The van der Waals surface area contributed by atoms with E-state index in [0.717, 1.165) is 17.5 Å². The van der Waals surface area contributed by atoms with Crippen LogP contribution in [0, 0.1) is 17.3 Å². The fourth-order valence-electron chi connectivity index (χ4n) is 7.36. The molecule has 0 spiro atoms. The number of H-pyrrole nitrogens is 1. The van der Waals surface area contributed by atoms with Crippen LogP contribution in [0.15, 0.2) is 12.5 Å². The first kappa shape index (κ1) is 62.6. The van der Waals surface area contributed by atoms with E-state index in [-0.39, 0.29) is 98.2 Å². The molecule has 1 aliphatic carbocycles. The molecular formula is C50H78N8O13S. The summed E-state index contributed by atoms with van der Waals surface area (Å²) >= 11 is 1.21. The van der Waals surface area contributed by atoms with Crippen LogP contribution in [-0.4, -0.2) is 130 Å². The van der Waals surface area contributed by atoms with Crippen LogP contribution in [0.3, 0.4) is 0 Å². The third-order valence-corrected chi connectivity index (χ3v) is 13.9. The summed E-state index contributed by atoms with van der Waals surface area (Å²) < 4.78 is 5.28. The van der Waals surface area contributed by atoms with E-state index in [1.807, 2.05) is 20.8 Å². The molecule has 402 valence electrons. The Labute approximate surface area is 426 Å². The minimum absolute atomic E-state index is 0.0148. The number of nitrogens with zero attached hydrogens (tertiary/aromatic N) is 1. The zero-order chi connectivity index (χ0) is 54.4. The number of thiophene rings is 1. The number of ether oxygens (including phenoxy) is 1. The van der Waals surface area contributed by atoms with Crippen molar-refractivity contribution in [2.45, 2.75) is 157 Å². The van der Waals surface area contributed by atoms with Crippen LogP contribution in [0.25, 0.3) is 0 Å². The quantitative estimate of drug-likeness (QED) is 0.0290. The normalized spacial score (nSPS) is 14.4. The molecule has 2 aromatic heterocycles. The number of carbonyl (C=O) groups is 10. The minimum Gasteiger partial charge on any atom is -0.478 e. The van der Waals surface area contributed by atoms with Crippen LogP contribution in [-0.2, 0) is 78.4 Å². The molecular weight excluding hydrogens is 953 g/mol. The molecule has 9 N–H and O–H groups in total. The van der Waals surface area contributed by atoms with E-state index in [4.69, 9.17) is 15.3 Å². The highest BCUT2D eigenvalue weighted by Gasteiger charge is 2.34. The van der Waals surface area contributed by atoms with Gasteiger partial charge in [-0.05, 0) is 84.1 Å². The molecule has 1 aliphatic rings. The molecule has 72 heavy (non-hydrogen) atoms. The highest BCUT2D eigenvalue weighted by Crippen LogP contribution is 2.38. The van der Waals surface area contributed by atoms with Crippen LogP contribution in [0.2, 0.25) is 0 Å². The summed E-state index contributed by atoms with van der Waals surface area (Å²) in [7, 11) is 0. The summed E-state index contributed by atoms with van der Waals surface area (Å²) in [6, 6.07) is -0.625. The van der Waals surface area contributed by atoms with Crippen LogP contribution in [0.1, 0.15) is 146 Å². The first-order valence-corrected chi connectivity index (χ1v) is 25.3. The van der Waals surface area contributed by atoms with Gasteiger partial charge in [-0.1, -0.05) is 34.6 Å². The Bertz CT molecular complexity index is 2200. The maximum atomic E-state index is 12.5. The molecule has 22 heteroatoms. The van der Waals surface area contributed by atoms with E-state index in [0.29, 0.717) is 74.8 Å². The van der Waals surface area contributed by atoms with Gasteiger partial charge in [0.2, 0.25) is 29.4 Å². The highest BCUT2D eigenvalue weighted by molar-refractivity contribution is 7.12. The van der Waals surface area contributed by atoms with Gasteiger partial charge in [0.1, 0.15) is 6.61 Å².